The van der Waals surface area contributed by atoms with Gasteiger partial charge in [0.1, 0.15) is 18.8 Å². The molecule has 3 aromatic heterocycles. The molecule has 0 saturated heterocycles. The van der Waals surface area contributed by atoms with Gasteiger partial charge in [-0.3, -0.25) is 24.2 Å². The molecule has 0 spiro atoms. The van der Waals surface area contributed by atoms with E-state index in [1.54, 1.807) is 23.3 Å². The van der Waals surface area contributed by atoms with E-state index in [-0.39, 0.29) is 61.6 Å². The van der Waals surface area contributed by atoms with Crippen LogP contribution in [0.5, 0.6) is 0 Å². The number of nitrogens with zero attached hydrogens (tertiary/aromatic N) is 4. The van der Waals surface area contributed by atoms with E-state index in [0.29, 0.717) is 24.2 Å². The molecule has 0 saturated carbocycles. The summed E-state index contributed by atoms with van der Waals surface area (Å²) in [7, 11) is 0. The highest BCUT2D eigenvalue weighted by Crippen LogP contribution is 2.24. The van der Waals surface area contributed by atoms with Crippen molar-refractivity contribution in [3.8, 4) is 0 Å². The van der Waals surface area contributed by atoms with Crippen molar-refractivity contribution in [3.05, 3.63) is 119 Å². The molecule has 0 fully saturated rings. The highest BCUT2D eigenvalue weighted by atomic mass is 32.1. The molecule has 4 atom stereocenters. The lowest BCUT2D eigenvalue weighted by Gasteiger charge is -2.26. The zero-order valence-electron chi connectivity index (χ0n) is 34.3. The van der Waals surface area contributed by atoms with E-state index in [4.69, 9.17) is 21.9 Å². The number of rotatable bonds is 22. The molecule has 3 aromatic carbocycles. The van der Waals surface area contributed by atoms with Crippen molar-refractivity contribution in [2.45, 2.75) is 83.5 Å². The number of H-pyrrole nitrogens is 1. The summed E-state index contributed by atoms with van der Waals surface area (Å²) in [6.07, 6.45) is 6.10. The summed E-state index contributed by atoms with van der Waals surface area (Å²) < 4.78 is 8.49. The number of fused-ring (bicyclic) bond motifs is 2. The average Bonchev–Trinajstić information content (AvgIpc) is 4.00. The summed E-state index contributed by atoms with van der Waals surface area (Å²) >= 11 is 1.24. The zero-order chi connectivity index (χ0) is 43.3. The van der Waals surface area contributed by atoms with Gasteiger partial charge in [0.05, 0.1) is 35.2 Å². The Morgan fingerprint density at radius 3 is 2.34 bits per heavy atom. The maximum absolute atomic E-state index is 14.4. The quantitative estimate of drug-likeness (QED) is 0.0226. The Morgan fingerprint density at radius 2 is 1.57 bits per heavy atom. The molecule has 0 aliphatic heterocycles. The largest absolute Gasteiger partial charge is 0.370 e. The average molecular weight is 848 g/mol. The van der Waals surface area contributed by atoms with Crippen LogP contribution in [0.4, 0.5) is 0 Å². The molecule has 16 nitrogen and oxygen atoms in total. The third-order valence-corrected chi connectivity index (χ3v) is 11.1. The van der Waals surface area contributed by atoms with Crippen molar-refractivity contribution in [1.29, 1.82) is 0 Å². The minimum absolute atomic E-state index is 0.0343. The van der Waals surface area contributed by atoms with Gasteiger partial charge in [-0.05, 0) is 54.5 Å². The van der Waals surface area contributed by atoms with E-state index in [1.807, 2.05) is 92.7 Å². The smallest absolute Gasteiger partial charge is 0.243 e. The van der Waals surface area contributed by atoms with Gasteiger partial charge in [0, 0.05) is 48.4 Å². The van der Waals surface area contributed by atoms with Gasteiger partial charge < -0.3 is 47.4 Å². The lowest BCUT2D eigenvalue weighted by molar-refractivity contribution is -0.132. The van der Waals surface area contributed by atoms with Crippen molar-refractivity contribution in [1.82, 2.24) is 35.5 Å². The number of hydrogen-bond donors (Lipinski definition) is 7. The Kier molecular flexibility index (Phi) is 15.3. The number of Topliss-reactive ketones (excluding diaryl/α,β-unsaturated/α-hetero) is 1. The molecule has 61 heavy (non-hydrogen) atoms. The Morgan fingerprint density at radius 1 is 0.869 bits per heavy atom. The fourth-order valence-corrected chi connectivity index (χ4v) is 7.90. The molecule has 6 aromatic rings. The molecule has 0 radical (unpaired) electrons. The molecular weight excluding hydrogens is 795 g/mol. The second kappa shape index (κ2) is 21.2. The summed E-state index contributed by atoms with van der Waals surface area (Å²) in [5.41, 5.74) is 21.6. The number of aromatic amines is 1. The van der Waals surface area contributed by atoms with E-state index in [9.17, 15) is 19.2 Å². The van der Waals surface area contributed by atoms with Crippen LogP contribution in [0.2, 0.25) is 0 Å². The third-order valence-electron chi connectivity index (χ3n) is 10.1. The number of hydrogen-bond acceptors (Lipinski definition) is 10. The number of aliphatic imine (C=N–C) groups is 1. The van der Waals surface area contributed by atoms with E-state index in [1.165, 1.54) is 11.3 Å². The number of ketones is 1. The van der Waals surface area contributed by atoms with Crippen LogP contribution in [0.3, 0.4) is 0 Å². The Labute approximate surface area is 357 Å². The monoisotopic (exact) mass is 847 g/mol. The van der Waals surface area contributed by atoms with Crippen LogP contribution in [0.25, 0.3) is 21.1 Å². The van der Waals surface area contributed by atoms with Gasteiger partial charge in [-0.2, -0.15) is 0 Å². The lowest BCUT2D eigenvalue weighted by Crippen LogP contribution is -2.58. The van der Waals surface area contributed by atoms with Crippen LogP contribution in [-0.2, 0) is 45.3 Å². The van der Waals surface area contributed by atoms with Crippen LogP contribution in [0.1, 0.15) is 59.7 Å². The van der Waals surface area contributed by atoms with Gasteiger partial charge in [0.15, 0.2) is 11.0 Å². The number of nitrogens with one attached hydrogen (secondary N) is 4. The third kappa shape index (κ3) is 12.3. The normalized spacial score (nSPS) is 13.4. The topological polar surface area (TPSA) is 251 Å². The number of carbonyl (C=O) groups excluding carboxylic acids is 4. The highest BCUT2D eigenvalue weighted by molar-refractivity contribution is 7.20. The molecule has 17 heteroatoms. The maximum Gasteiger partial charge on any atom is 0.243 e. The van der Waals surface area contributed by atoms with E-state index >= 15 is 0 Å². The van der Waals surface area contributed by atoms with Crippen molar-refractivity contribution in [2.75, 3.05) is 6.54 Å². The van der Waals surface area contributed by atoms with Crippen molar-refractivity contribution >= 4 is 61.9 Å². The number of nitrogens with two attached hydrogens (primary N) is 3. The Hall–Kier alpha value is -6.43. The first-order valence-electron chi connectivity index (χ1n) is 20.2. The molecule has 0 aliphatic rings. The van der Waals surface area contributed by atoms with E-state index < -0.39 is 41.9 Å². The van der Waals surface area contributed by atoms with Crippen molar-refractivity contribution < 1.29 is 23.9 Å². The first-order valence-corrected chi connectivity index (χ1v) is 21.0. The summed E-state index contributed by atoms with van der Waals surface area (Å²) in [5, 5.41) is 9.81. The summed E-state index contributed by atoms with van der Waals surface area (Å²) in [4.78, 5) is 72.4. The summed E-state index contributed by atoms with van der Waals surface area (Å²) in [5.74, 6) is -2.19. The molecule has 10 N–H and O–H groups in total. The van der Waals surface area contributed by atoms with Gasteiger partial charge in [-0.1, -0.05) is 74.5 Å². The van der Waals surface area contributed by atoms with Gasteiger partial charge >= 0.3 is 0 Å². The SMILES string of the molecule is CC(C)C[C@H](NC(=O)[C@@H](Cc1c[nH]c2ccccc12)NC(=O)[C@@H](N)Cc1cncn1COCc1ccccc1)C(=O)N[C@@H](CCCN=C(N)N)C(=O)c1nc2ccccc2s1. The number of benzene rings is 3. The number of aromatic nitrogens is 4. The van der Waals surface area contributed by atoms with Gasteiger partial charge in [-0.15, -0.1) is 11.3 Å². The molecule has 0 unspecified atom stereocenters. The fourth-order valence-electron chi connectivity index (χ4n) is 6.94. The molecule has 3 amide bonds. The lowest BCUT2D eigenvalue weighted by atomic mass is 9.99. The van der Waals surface area contributed by atoms with Gasteiger partial charge in [0.2, 0.25) is 23.5 Å². The second-order valence-corrected chi connectivity index (χ2v) is 16.3. The van der Waals surface area contributed by atoms with Gasteiger partial charge in [0.25, 0.3) is 0 Å². The van der Waals surface area contributed by atoms with Crippen LogP contribution >= 0.6 is 11.3 Å². The molecule has 0 bridgehead atoms. The molecule has 3 heterocycles. The minimum Gasteiger partial charge on any atom is -0.370 e. The van der Waals surface area contributed by atoms with Gasteiger partial charge in [-0.25, -0.2) is 9.97 Å². The molecule has 6 rings (SSSR count). The molecular formula is C44H53N11O5S. The molecule has 0 aliphatic carbocycles. The first kappa shape index (κ1) is 44.1. The Balaban J connectivity index is 1.18. The zero-order valence-corrected chi connectivity index (χ0v) is 35.1. The summed E-state index contributed by atoms with van der Waals surface area (Å²) in [6.45, 7) is 4.69. The number of thiazole rings is 1. The van der Waals surface area contributed by atoms with Crippen LogP contribution in [-0.4, -0.2) is 79.7 Å². The Bertz CT molecular complexity index is 2410. The van der Waals surface area contributed by atoms with Crippen molar-refractivity contribution in [2.24, 2.45) is 28.1 Å². The van der Waals surface area contributed by atoms with E-state index in [0.717, 1.165) is 26.7 Å². The maximum atomic E-state index is 14.4. The number of imidazole rings is 1. The van der Waals surface area contributed by atoms with Crippen LogP contribution in [0, 0.1) is 5.92 Å². The highest BCUT2D eigenvalue weighted by Gasteiger charge is 2.32. The molecule has 320 valence electrons. The number of para-hydroxylation sites is 2. The first-order chi connectivity index (χ1) is 29.4. The standard InChI is InChI=1S/C44H53N11O5S/c1-27(2)19-36(41(58)51-35(16-10-18-49-44(46)47)39(56)43-54-34-15-8-9-17-38(34)61-43)53-42(59)37(20-29-22-50-33-14-7-6-13-31(29)33)52-40(57)32(45)21-30-23-48-25-55(30)26-60-24-28-11-4-3-5-12-28/h3-9,11-15,17,22-23,25,27,32,35-37,50H,10,16,18-21,24,26,45H2,1-2H3,(H,51,58)(H,52,57)(H,53,59)(H4,46,47,49)/t32-,35-,36-,37+/m0/s1. The predicted molar refractivity (Wildman–Crippen MR) is 236 cm³/mol. The van der Waals surface area contributed by atoms with Crippen molar-refractivity contribution in [3.63, 3.8) is 0 Å². The number of amides is 3. The van der Waals surface area contributed by atoms with Crippen LogP contribution in [0.15, 0.2) is 103 Å². The second-order valence-electron chi connectivity index (χ2n) is 15.3. The minimum atomic E-state index is -1.13. The number of guanidine groups is 1. The number of ether oxygens (including phenoxy) is 1. The number of carbonyl (C=O) groups is 4. The predicted octanol–water partition coefficient (Wildman–Crippen LogP) is 3.70. The fraction of sp³-hybridized carbons (Fsp3) is 0.341. The van der Waals surface area contributed by atoms with E-state index in [2.05, 4.69) is 35.9 Å². The summed E-state index contributed by atoms with van der Waals surface area (Å²) in [6, 6.07) is 20.6. The van der Waals surface area contributed by atoms with Crippen LogP contribution < -0.4 is 33.2 Å².